The second-order valence-electron chi connectivity index (χ2n) is 26.6. The van der Waals surface area contributed by atoms with E-state index < -0.39 is 0 Å². The maximum absolute atomic E-state index is 2.41. The Bertz CT molecular complexity index is 5940. The molecule has 0 unspecified atom stereocenters. The average Bonchev–Trinajstić information content (AvgIpc) is 0.714. The predicted molar refractivity (Wildman–Crippen MR) is 445 cm³/mol. The van der Waals surface area contributed by atoms with Gasteiger partial charge in [-0.1, -0.05) is 291 Å². The zero-order valence-corrected chi connectivity index (χ0v) is 57.0. The summed E-state index contributed by atoms with van der Waals surface area (Å²) in [5.41, 5.74) is 18.5. The first kappa shape index (κ1) is 61.3. The third kappa shape index (κ3) is 10.7. The highest BCUT2D eigenvalue weighted by molar-refractivity contribution is 6.37. The van der Waals surface area contributed by atoms with Gasteiger partial charge in [0.1, 0.15) is 0 Å². The fraction of sp³-hybridized carbons (Fsp3) is 0. The molecule has 0 fully saturated rings. The first-order valence-corrected chi connectivity index (χ1v) is 35.7. The van der Waals surface area contributed by atoms with Crippen LogP contribution in [0.1, 0.15) is 0 Å². The molecule has 0 heterocycles. The summed E-state index contributed by atoms with van der Waals surface area (Å²) in [7, 11) is 0. The largest absolute Gasteiger partial charge is 0.310 e. The first-order chi connectivity index (χ1) is 51.7. The number of anilines is 12. The van der Waals surface area contributed by atoms with Crippen LogP contribution in [0, 0.1) is 0 Å². The van der Waals surface area contributed by atoms with Crippen LogP contribution in [-0.4, -0.2) is 0 Å². The van der Waals surface area contributed by atoms with Gasteiger partial charge in [0.2, 0.25) is 0 Å². The molecule has 0 saturated carbocycles. The van der Waals surface area contributed by atoms with E-state index in [-0.39, 0.29) is 0 Å². The van der Waals surface area contributed by atoms with E-state index in [4.69, 9.17) is 0 Å². The first-order valence-electron chi connectivity index (χ1n) is 35.7. The molecule has 0 aliphatic rings. The van der Waals surface area contributed by atoms with E-state index in [0.29, 0.717) is 0 Å². The molecule has 0 saturated heterocycles. The van der Waals surface area contributed by atoms with Gasteiger partial charge in [-0.25, -0.2) is 0 Å². The summed E-state index contributed by atoms with van der Waals surface area (Å²) in [6.07, 6.45) is 0. The molecule has 0 atom stereocenters. The van der Waals surface area contributed by atoms with Gasteiger partial charge in [-0.15, -0.1) is 0 Å². The van der Waals surface area contributed by atoms with Crippen LogP contribution < -0.4 is 19.6 Å². The summed E-state index contributed by atoms with van der Waals surface area (Å²) < 4.78 is 0. The van der Waals surface area contributed by atoms with Crippen LogP contribution in [0.5, 0.6) is 0 Å². The van der Waals surface area contributed by atoms with Crippen molar-refractivity contribution in [1.29, 1.82) is 0 Å². The molecule has 488 valence electrons. The molecule has 0 radical (unpaired) electrons. The summed E-state index contributed by atoms with van der Waals surface area (Å²) >= 11 is 0. The molecule has 20 aromatic carbocycles. The molecule has 104 heavy (non-hydrogen) atoms. The van der Waals surface area contributed by atoms with E-state index in [9.17, 15) is 0 Å². The summed E-state index contributed by atoms with van der Waals surface area (Å²) in [6.45, 7) is 0. The number of fused-ring (bicyclic) bond motifs is 4. The molecule has 0 aliphatic heterocycles. The van der Waals surface area contributed by atoms with E-state index in [1.54, 1.807) is 0 Å². The Morgan fingerprint density at radius 1 is 0.115 bits per heavy atom. The Morgan fingerprint density at radius 3 is 0.529 bits per heavy atom. The van der Waals surface area contributed by atoms with Crippen LogP contribution in [0.15, 0.2) is 413 Å². The smallest absolute Gasteiger partial charge is 0.0540 e. The third-order valence-corrected chi connectivity index (χ3v) is 20.7. The Hall–Kier alpha value is -13.8. The van der Waals surface area contributed by atoms with Crippen LogP contribution >= 0.6 is 0 Å². The molecule has 4 heteroatoms. The molecule has 0 aliphatic carbocycles. The van der Waals surface area contributed by atoms with E-state index in [0.717, 1.165) is 56.9 Å². The topological polar surface area (TPSA) is 13.0 Å². The van der Waals surface area contributed by atoms with E-state index in [2.05, 4.69) is 432 Å². The van der Waals surface area contributed by atoms with Gasteiger partial charge in [0, 0.05) is 67.0 Å². The van der Waals surface area contributed by atoms with E-state index in [1.165, 1.54) is 120 Å². The summed E-state index contributed by atoms with van der Waals surface area (Å²) in [5, 5.41) is 20.2. The van der Waals surface area contributed by atoms with Crippen molar-refractivity contribution in [3.63, 3.8) is 0 Å². The van der Waals surface area contributed by atoms with Crippen molar-refractivity contribution in [2.75, 3.05) is 19.6 Å². The van der Waals surface area contributed by atoms with Crippen molar-refractivity contribution in [2.45, 2.75) is 0 Å². The molecule has 20 aromatic rings. The highest BCUT2D eigenvalue weighted by Gasteiger charge is 2.26. The maximum atomic E-state index is 2.41. The zero-order valence-electron chi connectivity index (χ0n) is 57.0. The Kier molecular flexibility index (Phi) is 15.5. The number of benzene rings is 20. The molecule has 0 amide bonds. The van der Waals surface area contributed by atoms with Crippen molar-refractivity contribution in [3.05, 3.63) is 413 Å². The minimum Gasteiger partial charge on any atom is -0.310 e. The van der Waals surface area contributed by atoms with Gasteiger partial charge in [-0.05, 0) is 208 Å². The van der Waals surface area contributed by atoms with Gasteiger partial charge < -0.3 is 19.6 Å². The molecule has 20 rings (SSSR count). The van der Waals surface area contributed by atoms with Crippen LogP contribution in [0.4, 0.5) is 68.2 Å². The van der Waals surface area contributed by atoms with Gasteiger partial charge in [-0.3, -0.25) is 0 Å². The molecule has 0 aromatic heterocycles. The maximum Gasteiger partial charge on any atom is 0.0540 e. The van der Waals surface area contributed by atoms with Crippen molar-refractivity contribution in [2.24, 2.45) is 0 Å². The number of hydrogen-bond donors (Lipinski definition) is 0. The molecular weight excluding hydrogens is 1260 g/mol. The van der Waals surface area contributed by atoms with Crippen molar-refractivity contribution in [3.8, 4) is 22.3 Å². The lowest BCUT2D eigenvalue weighted by Crippen LogP contribution is -2.11. The van der Waals surface area contributed by atoms with Gasteiger partial charge >= 0.3 is 0 Å². The average molecular weight is 1330 g/mol. The Morgan fingerprint density at radius 2 is 0.288 bits per heavy atom. The lowest BCUT2D eigenvalue weighted by molar-refractivity contribution is 1.30. The number of rotatable bonds is 14. The van der Waals surface area contributed by atoms with Gasteiger partial charge in [0.05, 0.1) is 22.7 Å². The lowest BCUT2D eigenvalue weighted by atomic mass is 9.88. The normalized spacial score (nSPS) is 11.5. The van der Waals surface area contributed by atoms with Crippen molar-refractivity contribution < 1.29 is 0 Å². The lowest BCUT2D eigenvalue weighted by Gasteiger charge is -2.29. The molecule has 4 nitrogen and oxygen atoms in total. The molecular formula is C100H68N4. The number of hydrogen-bond acceptors (Lipinski definition) is 4. The van der Waals surface area contributed by atoms with Crippen LogP contribution in [-0.2, 0) is 0 Å². The molecule has 0 bridgehead atoms. The van der Waals surface area contributed by atoms with Crippen molar-refractivity contribution in [1.82, 2.24) is 0 Å². The predicted octanol–water partition coefficient (Wildman–Crippen LogP) is 28.7. The fourth-order valence-corrected chi connectivity index (χ4v) is 16.2. The standard InChI is InChI=1S/C56H38N2.C44H30N2/c1-5-17-39(18-6-1)41-21-13-27-45(37-41)57(43-23-9-3-10-24-43)53-35-33-49-48-30-16-32-52-54(36-34-50(56(48)52)47-29-15-31-51(53)55(47)49)58(44-25-11-4-12-26-44)46-28-14-22-42(38-46)40-19-7-2-8-20-40;1-5-15-31(16-6-1)45(32-17-7-2-8-18-32)41-29-27-37-36-24-14-26-40-42(30-28-38(44(36)40)35-23-13-25-39(41)43(35)37)46(33-19-9-3-10-20-33)34-21-11-4-12-22-34/h1-38H;1-30H. The summed E-state index contributed by atoms with van der Waals surface area (Å²) in [6, 6.07) is 149. The summed E-state index contributed by atoms with van der Waals surface area (Å²) in [5.74, 6) is 0. The van der Waals surface area contributed by atoms with Crippen LogP contribution in [0.25, 0.3) is 108 Å². The second-order valence-corrected chi connectivity index (χ2v) is 26.6. The third-order valence-electron chi connectivity index (χ3n) is 20.7. The number of para-hydroxylation sites is 6. The Balaban J connectivity index is 0.000000147. The minimum atomic E-state index is 1.12. The van der Waals surface area contributed by atoms with Crippen LogP contribution in [0.3, 0.4) is 0 Å². The second kappa shape index (κ2) is 26.4. The van der Waals surface area contributed by atoms with E-state index >= 15 is 0 Å². The van der Waals surface area contributed by atoms with Gasteiger partial charge in [0.25, 0.3) is 0 Å². The van der Waals surface area contributed by atoms with E-state index in [1.807, 2.05) is 0 Å². The minimum absolute atomic E-state index is 1.12. The molecule has 0 N–H and O–H groups in total. The van der Waals surface area contributed by atoms with Gasteiger partial charge in [-0.2, -0.15) is 0 Å². The monoisotopic (exact) mass is 1320 g/mol. The Labute approximate surface area is 605 Å². The van der Waals surface area contributed by atoms with Gasteiger partial charge in [0.15, 0.2) is 0 Å². The fourth-order valence-electron chi connectivity index (χ4n) is 16.2. The van der Waals surface area contributed by atoms with Crippen LogP contribution in [0.2, 0.25) is 0 Å². The zero-order chi connectivity index (χ0) is 68.9. The quantitative estimate of drug-likeness (QED) is 0.0795. The highest BCUT2D eigenvalue weighted by atomic mass is 15.2. The summed E-state index contributed by atoms with van der Waals surface area (Å²) in [4.78, 5) is 9.57. The SMILES string of the molecule is c1ccc(-c2cccc(N(c3ccccc3)c3ccc4c5cccc6c(N(c7ccccc7)c7cccc(-c8ccccc8)c7)ccc(c7cccc3c74)c65)c2)cc1.c1ccc(N(c2ccccc2)c2ccc3c4cccc5c(N(c6ccccc6)c6ccccc6)ccc(c6cccc2c63)c54)cc1. The highest BCUT2D eigenvalue weighted by Crippen LogP contribution is 2.52. The molecule has 0 spiro atoms. The number of nitrogens with zero attached hydrogens (tertiary/aromatic N) is 4. The van der Waals surface area contributed by atoms with Crippen molar-refractivity contribution >= 4 is 154 Å².